The first-order valence-corrected chi connectivity index (χ1v) is 8.16. The first-order valence-electron chi connectivity index (χ1n) is 7.78. The Morgan fingerprint density at radius 3 is 2.54 bits per heavy atom. The number of hydrogen-bond acceptors (Lipinski definition) is 5. The Bertz CT molecular complexity index is 647. The smallest absolute Gasteiger partial charge is 0.343 e. The monoisotopic (exact) mass is 348 g/mol. The van der Waals surface area contributed by atoms with Crippen molar-refractivity contribution in [2.45, 2.75) is 6.54 Å². The summed E-state index contributed by atoms with van der Waals surface area (Å²) >= 11 is 5.81. The zero-order chi connectivity index (χ0) is 17.2. The molecule has 0 spiro atoms. The topological polar surface area (TPSA) is 70.6 Å². The van der Waals surface area contributed by atoms with Crippen molar-refractivity contribution in [3.8, 4) is 5.75 Å². The Labute approximate surface area is 146 Å². The summed E-state index contributed by atoms with van der Waals surface area (Å²) in [5.41, 5.74) is 1.48. The van der Waals surface area contributed by atoms with E-state index >= 15 is 0 Å². The van der Waals surface area contributed by atoms with Crippen LogP contribution in [0.1, 0.15) is 15.9 Å². The van der Waals surface area contributed by atoms with Gasteiger partial charge < -0.3 is 20.5 Å². The molecule has 2 aromatic carbocycles. The first kappa shape index (κ1) is 18.4. The molecule has 0 atom stereocenters. The summed E-state index contributed by atoms with van der Waals surface area (Å²) in [7, 11) is 0. The standard InChI is InChI=1S/C18H21ClN2O3/c19-16-6-4-15(5-7-16)18(23)24-17-3-1-2-14(12-17)13-21-9-8-20-10-11-22/h1-7,12,20-22H,8-11,13H2. The molecule has 0 saturated heterocycles. The van der Waals surface area contributed by atoms with Crippen molar-refractivity contribution < 1.29 is 14.6 Å². The van der Waals surface area contributed by atoms with Crippen LogP contribution in [-0.2, 0) is 6.54 Å². The van der Waals surface area contributed by atoms with Gasteiger partial charge in [-0.05, 0) is 42.0 Å². The lowest BCUT2D eigenvalue weighted by Gasteiger charge is -2.08. The molecule has 0 aliphatic rings. The molecule has 0 saturated carbocycles. The van der Waals surface area contributed by atoms with Crippen LogP contribution in [0.15, 0.2) is 48.5 Å². The van der Waals surface area contributed by atoms with Crippen molar-refractivity contribution in [2.24, 2.45) is 0 Å². The number of carbonyl (C=O) groups is 1. The van der Waals surface area contributed by atoms with Gasteiger partial charge >= 0.3 is 5.97 Å². The summed E-state index contributed by atoms with van der Waals surface area (Å²) in [6, 6.07) is 14.0. The van der Waals surface area contributed by atoms with Crippen LogP contribution < -0.4 is 15.4 Å². The fourth-order valence-electron chi connectivity index (χ4n) is 2.08. The predicted octanol–water partition coefficient (Wildman–Crippen LogP) is 2.23. The van der Waals surface area contributed by atoms with E-state index in [4.69, 9.17) is 21.4 Å². The number of esters is 1. The van der Waals surface area contributed by atoms with E-state index in [9.17, 15) is 4.79 Å². The van der Waals surface area contributed by atoms with E-state index in [1.54, 1.807) is 30.3 Å². The number of nitrogens with one attached hydrogen (secondary N) is 2. The van der Waals surface area contributed by atoms with Gasteiger partial charge in [0.05, 0.1) is 12.2 Å². The summed E-state index contributed by atoms with van der Waals surface area (Å²) < 4.78 is 5.39. The molecule has 2 aromatic rings. The molecule has 0 unspecified atom stereocenters. The van der Waals surface area contributed by atoms with Gasteiger partial charge in [0.25, 0.3) is 0 Å². The van der Waals surface area contributed by atoms with E-state index in [2.05, 4.69) is 10.6 Å². The van der Waals surface area contributed by atoms with Crippen molar-refractivity contribution >= 4 is 17.6 Å². The zero-order valence-electron chi connectivity index (χ0n) is 13.3. The van der Waals surface area contributed by atoms with Gasteiger partial charge in [-0.2, -0.15) is 0 Å². The van der Waals surface area contributed by atoms with Crippen LogP contribution in [0, 0.1) is 0 Å². The number of hydrogen-bond donors (Lipinski definition) is 3. The quantitative estimate of drug-likeness (QED) is 0.368. The van der Waals surface area contributed by atoms with Crippen molar-refractivity contribution in [1.82, 2.24) is 10.6 Å². The molecule has 0 fully saturated rings. The summed E-state index contributed by atoms with van der Waals surface area (Å²) in [6.07, 6.45) is 0. The van der Waals surface area contributed by atoms with Crippen LogP contribution in [0.2, 0.25) is 5.02 Å². The third-order valence-corrected chi connectivity index (χ3v) is 3.54. The predicted molar refractivity (Wildman–Crippen MR) is 94.5 cm³/mol. The SMILES string of the molecule is O=C(Oc1cccc(CNCCNCCO)c1)c1ccc(Cl)cc1. The normalized spacial score (nSPS) is 10.6. The van der Waals surface area contributed by atoms with E-state index in [1.165, 1.54) is 0 Å². The van der Waals surface area contributed by atoms with Crippen LogP contribution in [0.25, 0.3) is 0 Å². The van der Waals surface area contributed by atoms with Crippen molar-refractivity contribution in [1.29, 1.82) is 0 Å². The molecule has 0 aliphatic heterocycles. The van der Waals surface area contributed by atoms with Gasteiger partial charge in [-0.3, -0.25) is 0 Å². The Hall–Kier alpha value is -1.92. The summed E-state index contributed by atoms with van der Waals surface area (Å²) in [5, 5.41) is 15.6. The maximum absolute atomic E-state index is 12.1. The molecule has 0 heterocycles. The number of halogens is 1. The van der Waals surface area contributed by atoms with Gasteiger partial charge in [-0.1, -0.05) is 23.7 Å². The average Bonchev–Trinajstić information content (AvgIpc) is 2.59. The summed E-state index contributed by atoms with van der Waals surface area (Å²) in [4.78, 5) is 12.1. The lowest BCUT2D eigenvalue weighted by molar-refractivity contribution is 0.0734. The molecule has 3 N–H and O–H groups in total. The third kappa shape index (κ3) is 6.29. The van der Waals surface area contributed by atoms with Crippen LogP contribution >= 0.6 is 11.6 Å². The minimum Gasteiger partial charge on any atom is -0.423 e. The minimum atomic E-state index is -0.412. The lowest BCUT2D eigenvalue weighted by atomic mass is 10.2. The Morgan fingerprint density at radius 2 is 1.79 bits per heavy atom. The Balaban J connectivity index is 1.83. The molecule has 0 radical (unpaired) electrons. The molecule has 128 valence electrons. The average molecular weight is 349 g/mol. The molecular weight excluding hydrogens is 328 g/mol. The highest BCUT2D eigenvalue weighted by Gasteiger charge is 2.08. The number of rotatable bonds is 9. The number of carbonyl (C=O) groups excluding carboxylic acids is 1. The minimum absolute atomic E-state index is 0.140. The van der Waals surface area contributed by atoms with Crippen LogP contribution in [0.4, 0.5) is 0 Å². The molecule has 24 heavy (non-hydrogen) atoms. The maximum Gasteiger partial charge on any atom is 0.343 e. The van der Waals surface area contributed by atoms with Gasteiger partial charge in [-0.25, -0.2) is 4.79 Å². The lowest BCUT2D eigenvalue weighted by Crippen LogP contribution is -2.28. The van der Waals surface area contributed by atoms with Gasteiger partial charge in [0.2, 0.25) is 0 Å². The van der Waals surface area contributed by atoms with E-state index in [0.717, 1.165) is 18.7 Å². The fourth-order valence-corrected chi connectivity index (χ4v) is 2.21. The number of aliphatic hydroxyl groups excluding tert-OH is 1. The fraction of sp³-hybridized carbons (Fsp3) is 0.278. The molecule has 0 amide bonds. The highest BCUT2D eigenvalue weighted by atomic mass is 35.5. The summed E-state index contributed by atoms with van der Waals surface area (Å²) in [6.45, 7) is 2.98. The Morgan fingerprint density at radius 1 is 1.04 bits per heavy atom. The van der Waals surface area contributed by atoms with Crippen LogP contribution in [0.3, 0.4) is 0 Å². The second-order valence-corrected chi connectivity index (χ2v) is 5.63. The molecule has 2 rings (SSSR count). The maximum atomic E-state index is 12.1. The molecular formula is C18H21ClN2O3. The first-order chi connectivity index (χ1) is 11.7. The number of aliphatic hydroxyl groups is 1. The molecule has 0 aromatic heterocycles. The third-order valence-electron chi connectivity index (χ3n) is 3.29. The van der Waals surface area contributed by atoms with Gasteiger partial charge in [0, 0.05) is 31.2 Å². The Kier molecular flexibility index (Phi) is 7.71. The second kappa shape index (κ2) is 10.1. The molecule has 6 heteroatoms. The van der Waals surface area contributed by atoms with E-state index in [-0.39, 0.29) is 6.61 Å². The van der Waals surface area contributed by atoms with E-state index < -0.39 is 5.97 Å². The van der Waals surface area contributed by atoms with Crippen molar-refractivity contribution in [3.05, 3.63) is 64.7 Å². The highest BCUT2D eigenvalue weighted by molar-refractivity contribution is 6.30. The van der Waals surface area contributed by atoms with Crippen LogP contribution in [0.5, 0.6) is 5.75 Å². The molecule has 0 aliphatic carbocycles. The second-order valence-electron chi connectivity index (χ2n) is 5.19. The van der Waals surface area contributed by atoms with Crippen LogP contribution in [-0.4, -0.2) is 37.3 Å². The zero-order valence-corrected chi connectivity index (χ0v) is 14.1. The summed E-state index contributed by atoms with van der Waals surface area (Å²) in [5.74, 6) is 0.0950. The number of ether oxygens (including phenoxy) is 1. The van der Waals surface area contributed by atoms with Gasteiger partial charge in [-0.15, -0.1) is 0 Å². The highest BCUT2D eigenvalue weighted by Crippen LogP contribution is 2.16. The largest absolute Gasteiger partial charge is 0.423 e. The van der Waals surface area contributed by atoms with E-state index in [1.807, 2.05) is 18.2 Å². The molecule has 5 nitrogen and oxygen atoms in total. The van der Waals surface area contributed by atoms with E-state index in [0.29, 0.717) is 29.4 Å². The van der Waals surface area contributed by atoms with Crippen molar-refractivity contribution in [3.63, 3.8) is 0 Å². The van der Waals surface area contributed by atoms with Crippen molar-refractivity contribution in [2.75, 3.05) is 26.2 Å². The van der Waals surface area contributed by atoms with Gasteiger partial charge in [0.15, 0.2) is 0 Å². The molecule has 0 bridgehead atoms. The van der Waals surface area contributed by atoms with Gasteiger partial charge in [0.1, 0.15) is 5.75 Å². The number of benzene rings is 2.